The molecule has 0 spiro atoms. The first kappa shape index (κ1) is 46.5. The van der Waals surface area contributed by atoms with E-state index in [2.05, 4.69) is 41.5 Å². The Balaban J connectivity index is 0.000000189. The minimum atomic E-state index is -0.934. The van der Waals surface area contributed by atoms with E-state index < -0.39 is 11.9 Å². The molecule has 0 aromatic carbocycles. The van der Waals surface area contributed by atoms with Gasteiger partial charge >= 0.3 is 37.7 Å². The predicted octanol–water partition coefficient (Wildman–Crippen LogP) is 5.91. The smallest absolute Gasteiger partial charge is 0.550 e. The number of carboxylic acid groups (broad SMARTS) is 2. The van der Waals surface area contributed by atoms with Gasteiger partial charge in [0.05, 0.1) is 24.4 Å². The predicted molar refractivity (Wildman–Crippen MR) is 218 cm³/mol. The average molecular weight is 823 g/mol. The number of aliphatic carboxylic acids is 2. The normalized spacial score (nSPS) is 50.8. The second-order valence-corrected chi connectivity index (χ2v) is 22.7. The molecule has 57 heavy (non-hydrogen) atoms. The number of carbonyl (C=O) groups excluding carboxylic acids is 2. The summed E-state index contributed by atoms with van der Waals surface area (Å²) in [6.07, 6.45) is 17.8. The second kappa shape index (κ2) is 17.7. The van der Waals surface area contributed by atoms with Gasteiger partial charge in [0.15, 0.2) is 0 Å². The third-order valence-electron chi connectivity index (χ3n) is 20.4. The monoisotopic (exact) mass is 823 g/mol. The van der Waals surface area contributed by atoms with E-state index >= 15 is 0 Å². The molecule has 0 aliphatic heterocycles. The van der Waals surface area contributed by atoms with Gasteiger partial charge in [-0.3, -0.25) is 0 Å². The van der Waals surface area contributed by atoms with E-state index in [-0.39, 0.29) is 96.7 Å². The largest absolute Gasteiger partial charge is 2.00 e. The first-order chi connectivity index (χ1) is 26.3. The molecule has 8 aliphatic carbocycles. The molecule has 20 atom stereocenters. The number of rotatable bonds is 8. The summed E-state index contributed by atoms with van der Waals surface area (Å²) in [5, 5.41) is 64.7. The Hall–Kier alpha value is 0.0397. The molecule has 8 aliphatic rings. The van der Waals surface area contributed by atoms with Gasteiger partial charge in [-0.15, -0.1) is 0 Å². The molecule has 0 amide bonds. The zero-order valence-electron chi connectivity index (χ0n) is 36.5. The molecular formula is C48H78CaO8. The minimum absolute atomic E-state index is 0. The van der Waals surface area contributed by atoms with Crippen LogP contribution in [0.2, 0.25) is 0 Å². The van der Waals surface area contributed by atoms with Crippen LogP contribution in [0.5, 0.6) is 0 Å². The number of aliphatic hydroxyl groups is 4. The summed E-state index contributed by atoms with van der Waals surface area (Å²) in [4.78, 5) is 21.9. The van der Waals surface area contributed by atoms with Crippen molar-refractivity contribution in [1.29, 1.82) is 0 Å². The van der Waals surface area contributed by atoms with Crippen LogP contribution in [0.15, 0.2) is 0 Å². The minimum Gasteiger partial charge on any atom is -0.550 e. The van der Waals surface area contributed by atoms with Crippen molar-refractivity contribution in [3.8, 4) is 0 Å². The van der Waals surface area contributed by atoms with Gasteiger partial charge in [0.2, 0.25) is 0 Å². The number of hydrogen-bond donors (Lipinski definition) is 4. The molecule has 0 aromatic heterocycles. The zero-order chi connectivity index (χ0) is 40.5. The number of aliphatic hydroxyl groups excluding tert-OH is 4. The second-order valence-electron chi connectivity index (χ2n) is 22.7. The Bertz CT molecular complexity index is 1320. The maximum atomic E-state index is 11.2. The van der Waals surface area contributed by atoms with Crippen LogP contribution in [0.4, 0.5) is 0 Å². The van der Waals surface area contributed by atoms with Crippen molar-refractivity contribution < 1.29 is 40.2 Å². The summed E-state index contributed by atoms with van der Waals surface area (Å²) in [5.41, 5.74) is 0.988. The van der Waals surface area contributed by atoms with Gasteiger partial charge in [-0.05, 0) is 221 Å². The molecule has 0 unspecified atom stereocenters. The Morgan fingerprint density at radius 1 is 0.526 bits per heavy atom. The Morgan fingerprint density at radius 2 is 0.860 bits per heavy atom. The summed E-state index contributed by atoms with van der Waals surface area (Å²) in [6.45, 7) is 14.2. The van der Waals surface area contributed by atoms with Crippen molar-refractivity contribution in [2.75, 3.05) is 0 Å². The summed E-state index contributed by atoms with van der Waals surface area (Å²) < 4.78 is 0. The summed E-state index contributed by atoms with van der Waals surface area (Å²) >= 11 is 0. The van der Waals surface area contributed by atoms with E-state index in [4.69, 9.17) is 0 Å². The maximum Gasteiger partial charge on any atom is 2.00 e. The van der Waals surface area contributed by atoms with Crippen LogP contribution in [0.3, 0.4) is 0 Å². The maximum absolute atomic E-state index is 11.2. The number of hydrogen-bond acceptors (Lipinski definition) is 8. The van der Waals surface area contributed by atoms with E-state index in [0.29, 0.717) is 83.9 Å². The van der Waals surface area contributed by atoms with Crippen molar-refractivity contribution in [2.24, 2.45) is 92.7 Å². The third kappa shape index (κ3) is 8.34. The fourth-order valence-electron chi connectivity index (χ4n) is 17.4. The molecule has 8 saturated carbocycles. The van der Waals surface area contributed by atoms with Crippen LogP contribution in [0.1, 0.15) is 170 Å². The van der Waals surface area contributed by atoms with Crippen molar-refractivity contribution in [2.45, 2.75) is 194 Å². The van der Waals surface area contributed by atoms with Crippen LogP contribution < -0.4 is 10.2 Å². The molecule has 9 heteroatoms. The van der Waals surface area contributed by atoms with Gasteiger partial charge in [0.25, 0.3) is 0 Å². The number of carbonyl (C=O) groups is 2. The van der Waals surface area contributed by atoms with Crippen LogP contribution in [-0.2, 0) is 9.59 Å². The average Bonchev–Trinajstić information content (AvgIpc) is 3.68. The molecule has 0 heterocycles. The van der Waals surface area contributed by atoms with Gasteiger partial charge in [-0.1, -0.05) is 41.5 Å². The van der Waals surface area contributed by atoms with Crippen LogP contribution in [0.25, 0.3) is 0 Å². The van der Waals surface area contributed by atoms with E-state index in [1.54, 1.807) is 0 Å². The van der Waals surface area contributed by atoms with Gasteiger partial charge in [0.1, 0.15) is 0 Å². The van der Waals surface area contributed by atoms with Crippen LogP contribution >= 0.6 is 0 Å². The van der Waals surface area contributed by atoms with Gasteiger partial charge in [-0.25, -0.2) is 0 Å². The van der Waals surface area contributed by atoms with Crippen LogP contribution in [-0.4, -0.2) is 94.5 Å². The molecule has 8 rings (SSSR count). The van der Waals surface area contributed by atoms with Crippen molar-refractivity contribution in [3.63, 3.8) is 0 Å². The fourth-order valence-corrected chi connectivity index (χ4v) is 17.4. The number of carboxylic acids is 2. The van der Waals surface area contributed by atoms with E-state index in [1.165, 1.54) is 51.4 Å². The quantitative estimate of drug-likeness (QED) is 0.220. The molecule has 8 fully saturated rings. The molecule has 0 aromatic rings. The van der Waals surface area contributed by atoms with Crippen molar-refractivity contribution >= 4 is 49.7 Å². The molecular weight excluding hydrogens is 745 g/mol. The SMILES string of the molecule is C[C@H](CCC(=O)[O-])[C@H]1CC[C@H]2[C@@H]3[C@H](O)C[C@@H]4C[C@H](O)CC[C@]4(C)[C@H]3CC[C@]12C.C[C@H](CCC(=O)[O-])[C@H]1CC[C@H]2[C@@H]3[C@H](O)C[C@@H]4C[C@H](O)CC[C@]4(C)[C@H]3CC[C@]12C.[Ca+2]. The van der Waals surface area contributed by atoms with Crippen LogP contribution in [0, 0.1) is 92.7 Å². The van der Waals surface area contributed by atoms with E-state index in [9.17, 15) is 40.2 Å². The van der Waals surface area contributed by atoms with Gasteiger partial charge in [-0.2, -0.15) is 0 Å². The molecule has 4 N–H and O–H groups in total. The fraction of sp³-hybridized carbons (Fsp3) is 0.958. The molecule has 8 nitrogen and oxygen atoms in total. The van der Waals surface area contributed by atoms with Gasteiger partial charge < -0.3 is 40.2 Å². The topological polar surface area (TPSA) is 161 Å². The Labute approximate surface area is 374 Å². The summed E-state index contributed by atoms with van der Waals surface area (Å²) in [5.74, 6) is 3.99. The molecule has 0 radical (unpaired) electrons. The van der Waals surface area contributed by atoms with Crippen molar-refractivity contribution in [3.05, 3.63) is 0 Å². The molecule has 0 saturated heterocycles. The Kier molecular flexibility index (Phi) is 14.4. The molecule has 0 bridgehead atoms. The number of fused-ring (bicyclic) bond motifs is 10. The Morgan fingerprint density at radius 3 is 1.21 bits per heavy atom. The standard InChI is InChI=1S/2C24H40O4.Ca/c2*1-14(4-7-21(27)28)17-5-6-18-22-19(9-11-24(17,18)3)23(2)10-8-16(25)12-15(23)13-20(22)26;/h2*14-20,22,25-26H,4-13H2,1-3H3,(H,27,28);/q;;+2/p-2/t2*14-,15+,16-,17-,18+,19+,20-,22+,23+,24-;/m11./s1. The third-order valence-corrected chi connectivity index (χ3v) is 20.4. The molecule has 320 valence electrons. The first-order valence-corrected chi connectivity index (χ1v) is 23.4. The zero-order valence-corrected chi connectivity index (χ0v) is 38.7. The van der Waals surface area contributed by atoms with Gasteiger partial charge in [0, 0.05) is 11.9 Å². The summed E-state index contributed by atoms with van der Waals surface area (Å²) in [7, 11) is 0. The summed E-state index contributed by atoms with van der Waals surface area (Å²) in [6, 6.07) is 0. The van der Waals surface area contributed by atoms with E-state index in [1.807, 2.05) is 0 Å². The van der Waals surface area contributed by atoms with Crippen molar-refractivity contribution in [1.82, 2.24) is 0 Å². The first-order valence-electron chi connectivity index (χ1n) is 23.4. The van der Waals surface area contributed by atoms with E-state index in [0.717, 1.165) is 51.4 Å².